The van der Waals surface area contributed by atoms with Crippen molar-refractivity contribution in [1.29, 1.82) is 0 Å². The van der Waals surface area contributed by atoms with Crippen LogP contribution in [0.4, 0.5) is 0 Å². The Balaban J connectivity index is 2.28. The summed E-state index contributed by atoms with van der Waals surface area (Å²) in [5, 5.41) is 3.82. The highest BCUT2D eigenvalue weighted by atomic mass is 32.2. The second kappa shape index (κ2) is 7.28. The molecular weight excluding hydrogens is 286 g/mol. The number of hydrogen-bond acceptors (Lipinski definition) is 5. The molecule has 0 aliphatic heterocycles. The maximum Gasteiger partial charge on any atom is 0.255 e. The number of primary amides is 1. The van der Waals surface area contributed by atoms with Gasteiger partial charge in [-0.1, -0.05) is 49.0 Å². The fraction of sp³-hybridized carbons (Fsp3) is 0.333. The Morgan fingerprint density at radius 2 is 2.19 bits per heavy atom. The van der Waals surface area contributed by atoms with Gasteiger partial charge in [0.05, 0.1) is 6.20 Å². The van der Waals surface area contributed by atoms with Gasteiger partial charge < -0.3 is 10.2 Å². The molecule has 0 aliphatic carbocycles. The Hall–Kier alpha value is -1.79. The number of amides is 1. The maximum absolute atomic E-state index is 12.2. The molecule has 112 valence electrons. The molecule has 0 spiro atoms. The smallest absolute Gasteiger partial charge is 0.255 e. The first-order chi connectivity index (χ1) is 10.2. The molecule has 1 aromatic heterocycles. The van der Waals surface area contributed by atoms with Gasteiger partial charge in [0.25, 0.3) is 5.22 Å². The number of carbonyl (C=O) groups is 1. The number of rotatable bonds is 8. The van der Waals surface area contributed by atoms with Crippen LogP contribution in [-0.2, 0) is 10.3 Å². The highest BCUT2D eigenvalue weighted by Gasteiger charge is 2.38. The Morgan fingerprint density at radius 1 is 1.43 bits per heavy atom. The van der Waals surface area contributed by atoms with Crippen molar-refractivity contribution in [3.8, 4) is 0 Å². The lowest BCUT2D eigenvalue weighted by atomic mass is 9.91. The quantitative estimate of drug-likeness (QED) is 0.730. The number of nitrogens with two attached hydrogens (primary N) is 1. The van der Waals surface area contributed by atoms with Gasteiger partial charge in [-0.25, -0.2) is 4.98 Å². The molecule has 2 rings (SSSR count). The van der Waals surface area contributed by atoms with Gasteiger partial charge in [0.2, 0.25) is 5.91 Å². The van der Waals surface area contributed by atoms with Crippen LogP contribution in [0, 0.1) is 0 Å². The van der Waals surface area contributed by atoms with Crippen molar-refractivity contribution in [3.63, 3.8) is 0 Å². The Labute approximate surface area is 128 Å². The van der Waals surface area contributed by atoms with Gasteiger partial charge in [0, 0.05) is 5.75 Å². The first-order valence-corrected chi connectivity index (χ1v) is 7.80. The number of benzene rings is 1. The summed E-state index contributed by atoms with van der Waals surface area (Å²) in [5.74, 6) is 0.0218. The molecule has 1 aromatic carbocycles. The van der Waals surface area contributed by atoms with Gasteiger partial charge in [-0.15, -0.1) is 0 Å². The summed E-state index contributed by atoms with van der Waals surface area (Å²) in [6.45, 7) is 2.74. The molecule has 1 heterocycles. The van der Waals surface area contributed by atoms with E-state index in [2.05, 4.69) is 10.3 Å². The molecule has 0 saturated heterocycles. The number of carbonyl (C=O) groups excluding carboxylic acids is 1. The monoisotopic (exact) mass is 305 g/mol. The highest BCUT2D eigenvalue weighted by Crippen LogP contribution is 2.29. The molecule has 5 nitrogen and oxygen atoms in total. The third-order valence-corrected chi connectivity index (χ3v) is 4.21. The Kier molecular flexibility index (Phi) is 5.41. The summed E-state index contributed by atoms with van der Waals surface area (Å²) >= 11 is 1.37. The average Bonchev–Trinajstić information content (AvgIpc) is 3.02. The van der Waals surface area contributed by atoms with E-state index >= 15 is 0 Å². The number of thioether (sulfide) groups is 1. The minimum atomic E-state index is -0.934. The topological polar surface area (TPSA) is 81.2 Å². The summed E-state index contributed by atoms with van der Waals surface area (Å²) in [5.41, 5.74) is 5.64. The maximum atomic E-state index is 12.2. The van der Waals surface area contributed by atoms with E-state index in [1.165, 1.54) is 18.0 Å². The molecule has 1 amide bonds. The molecular formula is C15H19N3O2S. The van der Waals surface area contributed by atoms with Crippen LogP contribution in [0.15, 0.2) is 52.4 Å². The van der Waals surface area contributed by atoms with E-state index in [1.807, 2.05) is 37.3 Å². The van der Waals surface area contributed by atoms with Crippen LogP contribution in [0.3, 0.4) is 0 Å². The van der Waals surface area contributed by atoms with Crippen molar-refractivity contribution in [2.75, 3.05) is 12.3 Å². The first-order valence-electron chi connectivity index (χ1n) is 6.82. The third kappa shape index (κ3) is 3.65. The fourth-order valence-corrected chi connectivity index (χ4v) is 3.06. The molecule has 1 unspecified atom stereocenters. The minimum absolute atomic E-state index is 0.402. The third-order valence-electron chi connectivity index (χ3n) is 3.19. The number of aromatic nitrogens is 1. The zero-order valence-corrected chi connectivity index (χ0v) is 12.7. The zero-order chi connectivity index (χ0) is 15.1. The van der Waals surface area contributed by atoms with E-state index < -0.39 is 11.4 Å². The number of hydrogen-bond donors (Lipinski definition) is 2. The highest BCUT2D eigenvalue weighted by molar-refractivity contribution is 7.99. The van der Waals surface area contributed by atoms with E-state index in [0.717, 1.165) is 12.0 Å². The SMILES string of the molecule is CCCNC(CSc1ncco1)(C(N)=O)c1ccccc1. The van der Waals surface area contributed by atoms with Crippen LogP contribution in [-0.4, -0.2) is 23.2 Å². The lowest BCUT2D eigenvalue weighted by molar-refractivity contribution is -0.123. The van der Waals surface area contributed by atoms with Crippen molar-refractivity contribution in [2.24, 2.45) is 5.73 Å². The molecule has 6 heteroatoms. The van der Waals surface area contributed by atoms with Gasteiger partial charge >= 0.3 is 0 Å². The number of nitrogens with zero attached hydrogens (tertiary/aromatic N) is 1. The van der Waals surface area contributed by atoms with E-state index in [4.69, 9.17) is 10.2 Å². The molecule has 0 radical (unpaired) electrons. The number of oxazole rings is 1. The van der Waals surface area contributed by atoms with Crippen molar-refractivity contribution >= 4 is 17.7 Å². The summed E-state index contributed by atoms with van der Waals surface area (Å²) in [7, 11) is 0. The van der Waals surface area contributed by atoms with Crippen LogP contribution >= 0.6 is 11.8 Å². The lowest BCUT2D eigenvalue weighted by Crippen LogP contribution is -2.54. The molecule has 0 saturated carbocycles. The molecule has 0 fully saturated rings. The van der Waals surface area contributed by atoms with Crippen molar-refractivity contribution in [3.05, 3.63) is 48.4 Å². The molecule has 3 N–H and O–H groups in total. The van der Waals surface area contributed by atoms with Gasteiger partial charge in [0.1, 0.15) is 11.8 Å². The fourth-order valence-electron chi connectivity index (χ4n) is 2.05. The molecule has 0 bridgehead atoms. The summed E-state index contributed by atoms with van der Waals surface area (Å²) in [6.07, 6.45) is 4.00. The van der Waals surface area contributed by atoms with Gasteiger partial charge in [0.15, 0.2) is 0 Å². The van der Waals surface area contributed by atoms with Gasteiger partial charge in [-0.2, -0.15) is 0 Å². The average molecular weight is 305 g/mol. The van der Waals surface area contributed by atoms with Crippen molar-refractivity contribution in [2.45, 2.75) is 24.1 Å². The second-order valence-electron chi connectivity index (χ2n) is 4.65. The lowest BCUT2D eigenvalue weighted by Gasteiger charge is -2.31. The van der Waals surface area contributed by atoms with Gasteiger partial charge in [-0.3, -0.25) is 10.1 Å². The van der Waals surface area contributed by atoms with E-state index in [-0.39, 0.29) is 0 Å². The Morgan fingerprint density at radius 3 is 2.76 bits per heavy atom. The van der Waals surface area contributed by atoms with Crippen LogP contribution < -0.4 is 11.1 Å². The van der Waals surface area contributed by atoms with E-state index in [9.17, 15) is 4.79 Å². The molecule has 0 aliphatic rings. The Bertz CT molecular complexity index is 560. The van der Waals surface area contributed by atoms with E-state index in [0.29, 0.717) is 17.5 Å². The molecule has 21 heavy (non-hydrogen) atoms. The normalized spacial score (nSPS) is 13.8. The predicted octanol–water partition coefficient (Wildman–Crippen LogP) is 2.15. The standard InChI is InChI=1S/C15H19N3O2S/c1-2-8-18-15(13(16)19,12-6-4-3-5-7-12)11-21-14-17-9-10-20-14/h3-7,9-10,18H,2,8,11H2,1H3,(H2,16,19). The first kappa shape index (κ1) is 15.6. The minimum Gasteiger partial charge on any atom is -0.440 e. The van der Waals surface area contributed by atoms with Crippen LogP contribution in [0.2, 0.25) is 0 Å². The number of nitrogens with one attached hydrogen (secondary N) is 1. The molecule has 2 aromatic rings. The van der Waals surface area contributed by atoms with Crippen molar-refractivity contribution in [1.82, 2.24) is 10.3 Å². The zero-order valence-electron chi connectivity index (χ0n) is 11.9. The molecule has 1 atom stereocenters. The van der Waals surface area contributed by atoms with Crippen LogP contribution in [0.25, 0.3) is 0 Å². The summed E-state index contributed by atoms with van der Waals surface area (Å²) < 4.78 is 5.22. The van der Waals surface area contributed by atoms with Crippen molar-refractivity contribution < 1.29 is 9.21 Å². The second-order valence-corrected chi connectivity index (χ2v) is 5.58. The summed E-state index contributed by atoms with van der Waals surface area (Å²) in [4.78, 5) is 16.3. The van der Waals surface area contributed by atoms with Gasteiger partial charge in [-0.05, 0) is 18.5 Å². The van der Waals surface area contributed by atoms with E-state index in [1.54, 1.807) is 6.20 Å². The summed E-state index contributed by atoms with van der Waals surface area (Å²) in [6, 6.07) is 9.52. The van der Waals surface area contributed by atoms with Crippen LogP contribution in [0.1, 0.15) is 18.9 Å². The van der Waals surface area contributed by atoms with Crippen LogP contribution in [0.5, 0.6) is 0 Å². The largest absolute Gasteiger partial charge is 0.440 e. The predicted molar refractivity (Wildman–Crippen MR) is 82.8 cm³/mol.